The molecule has 0 saturated heterocycles. The van der Waals surface area contributed by atoms with Crippen LogP contribution < -0.4 is 5.32 Å². The van der Waals surface area contributed by atoms with Crippen LogP contribution in [0.15, 0.2) is 40.9 Å². The maximum Gasteiger partial charge on any atom is 0.102 e. The van der Waals surface area contributed by atoms with Crippen LogP contribution in [0.1, 0.15) is 28.7 Å². The summed E-state index contributed by atoms with van der Waals surface area (Å²) in [5.74, 6) is 0. The number of halogens is 1. The fourth-order valence-corrected chi connectivity index (χ4v) is 3.41. The highest BCUT2D eigenvalue weighted by Crippen LogP contribution is 2.28. The topological polar surface area (TPSA) is 35.8 Å². The lowest BCUT2D eigenvalue weighted by atomic mass is 9.88. The van der Waals surface area contributed by atoms with Gasteiger partial charge >= 0.3 is 0 Å². The highest BCUT2D eigenvalue weighted by atomic mass is 79.9. The molecule has 1 unspecified atom stereocenters. The van der Waals surface area contributed by atoms with Gasteiger partial charge in [-0.05, 0) is 61.1 Å². The molecule has 0 radical (unpaired) electrons. The lowest BCUT2D eigenvalue weighted by Crippen LogP contribution is -2.27. The smallest absolute Gasteiger partial charge is 0.102 e. The first-order valence-corrected chi connectivity index (χ1v) is 8.00. The van der Waals surface area contributed by atoms with Crippen LogP contribution in [-0.2, 0) is 12.8 Å². The molecule has 1 N–H and O–H groups in total. The normalized spacial score (nSPS) is 16.9. The predicted octanol–water partition coefficient (Wildman–Crippen LogP) is 4.60. The monoisotopic (exact) mass is 340 g/mol. The molecule has 2 aromatic carbocycles. The van der Waals surface area contributed by atoms with Crippen molar-refractivity contribution < 1.29 is 0 Å². The Bertz CT molecular complexity index is 716. The summed E-state index contributed by atoms with van der Waals surface area (Å²) in [4.78, 5) is 0. The van der Waals surface area contributed by atoms with Crippen LogP contribution in [0.2, 0.25) is 0 Å². The van der Waals surface area contributed by atoms with Gasteiger partial charge in [0, 0.05) is 10.5 Å². The molecule has 0 spiro atoms. The average Bonchev–Trinajstić information content (AvgIpc) is 2.48. The predicted molar refractivity (Wildman–Crippen MR) is 89.5 cm³/mol. The average molecular weight is 341 g/mol. The van der Waals surface area contributed by atoms with Crippen molar-refractivity contribution in [3.63, 3.8) is 0 Å². The Hall–Kier alpha value is -1.79. The number of aryl methyl sites for hydroxylation is 2. The molecule has 0 bridgehead atoms. The fraction of sp³-hybridized carbons (Fsp3) is 0.278. The molecule has 21 heavy (non-hydrogen) atoms. The van der Waals surface area contributed by atoms with Gasteiger partial charge in [-0.2, -0.15) is 5.26 Å². The molecule has 3 heteroatoms. The lowest BCUT2D eigenvalue weighted by molar-refractivity contribution is 0.610. The molecule has 1 atom stereocenters. The molecule has 0 saturated carbocycles. The fourth-order valence-electron chi connectivity index (χ4n) is 3.00. The first-order valence-electron chi connectivity index (χ1n) is 7.21. The van der Waals surface area contributed by atoms with Crippen molar-refractivity contribution in [3.8, 4) is 6.07 Å². The minimum atomic E-state index is 0.396. The standard InChI is InChI=1S/C18H17BrN2/c1-12-3-2-4-18(17(12)11-20)21-16-8-6-13-9-15(19)7-5-14(13)10-16/h2-5,7,9,16,21H,6,8,10H2,1H3. The Morgan fingerprint density at radius 1 is 1.24 bits per heavy atom. The molecule has 0 amide bonds. The van der Waals surface area contributed by atoms with Gasteiger partial charge in [-0.25, -0.2) is 0 Å². The maximum absolute atomic E-state index is 9.32. The van der Waals surface area contributed by atoms with Gasteiger partial charge in [-0.1, -0.05) is 34.1 Å². The quantitative estimate of drug-likeness (QED) is 0.867. The number of anilines is 1. The summed E-state index contributed by atoms with van der Waals surface area (Å²) >= 11 is 3.53. The van der Waals surface area contributed by atoms with E-state index in [2.05, 4.69) is 45.5 Å². The van der Waals surface area contributed by atoms with E-state index >= 15 is 0 Å². The molecule has 2 aromatic rings. The summed E-state index contributed by atoms with van der Waals surface area (Å²) in [5, 5.41) is 12.9. The summed E-state index contributed by atoms with van der Waals surface area (Å²) in [6, 6.07) is 15.2. The molecule has 2 nitrogen and oxygen atoms in total. The SMILES string of the molecule is Cc1cccc(NC2CCc3cc(Br)ccc3C2)c1C#N. The number of nitriles is 1. The van der Waals surface area contributed by atoms with E-state index in [1.54, 1.807) is 0 Å². The second kappa shape index (κ2) is 5.91. The minimum Gasteiger partial charge on any atom is -0.381 e. The van der Waals surface area contributed by atoms with Crippen molar-refractivity contribution in [1.29, 1.82) is 5.26 Å². The first kappa shape index (κ1) is 14.2. The van der Waals surface area contributed by atoms with Crippen LogP contribution in [0, 0.1) is 18.3 Å². The zero-order chi connectivity index (χ0) is 14.8. The third kappa shape index (κ3) is 2.96. The second-order valence-corrected chi connectivity index (χ2v) is 6.52. The largest absolute Gasteiger partial charge is 0.381 e. The molecule has 0 aromatic heterocycles. The number of hydrogen-bond donors (Lipinski definition) is 1. The van der Waals surface area contributed by atoms with Crippen molar-refractivity contribution in [1.82, 2.24) is 0 Å². The summed E-state index contributed by atoms with van der Waals surface area (Å²) in [6.07, 6.45) is 3.20. The Kier molecular flexibility index (Phi) is 3.98. The zero-order valence-corrected chi connectivity index (χ0v) is 13.6. The number of benzene rings is 2. The van der Waals surface area contributed by atoms with Gasteiger partial charge in [0.25, 0.3) is 0 Å². The van der Waals surface area contributed by atoms with Gasteiger partial charge in [0.1, 0.15) is 6.07 Å². The van der Waals surface area contributed by atoms with E-state index in [1.807, 2.05) is 25.1 Å². The number of rotatable bonds is 2. The van der Waals surface area contributed by atoms with E-state index in [4.69, 9.17) is 0 Å². The van der Waals surface area contributed by atoms with Crippen LogP contribution in [0.25, 0.3) is 0 Å². The van der Waals surface area contributed by atoms with Crippen molar-refractivity contribution in [2.24, 2.45) is 0 Å². The van der Waals surface area contributed by atoms with E-state index in [1.165, 1.54) is 11.1 Å². The molecule has 0 heterocycles. The van der Waals surface area contributed by atoms with E-state index in [9.17, 15) is 5.26 Å². The van der Waals surface area contributed by atoms with Gasteiger partial charge in [0.15, 0.2) is 0 Å². The van der Waals surface area contributed by atoms with Crippen LogP contribution in [0.5, 0.6) is 0 Å². The minimum absolute atomic E-state index is 0.396. The van der Waals surface area contributed by atoms with Crippen LogP contribution in [0.4, 0.5) is 5.69 Å². The zero-order valence-electron chi connectivity index (χ0n) is 12.0. The van der Waals surface area contributed by atoms with Crippen LogP contribution >= 0.6 is 15.9 Å². The third-order valence-corrected chi connectivity index (χ3v) is 4.63. The summed E-state index contributed by atoms with van der Waals surface area (Å²) in [7, 11) is 0. The number of hydrogen-bond acceptors (Lipinski definition) is 2. The van der Waals surface area contributed by atoms with Crippen molar-refractivity contribution in [3.05, 3.63) is 63.1 Å². The Morgan fingerprint density at radius 3 is 2.90 bits per heavy atom. The molecule has 3 rings (SSSR count). The molecule has 1 aliphatic rings. The van der Waals surface area contributed by atoms with Gasteiger partial charge in [-0.3, -0.25) is 0 Å². The number of nitrogens with zero attached hydrogens (tertiary/aromatic N) is 1. The van der Waals surface area contributed by atoms with Crippen LogP contribution in [0.3, 0.4) is 0 Å². The Balaban J connectivity index is 1.81. The highest BCUT2D eigenvalue weighted by molar-refractivity contribution is 9.10. The summed E-state index contributed by atoms with van der Waals surface area (Å²) in [6.45, 7) is 1.98. The van der Waals surface area contributed by atoms with Gasteiger partial charge in [0.05, 0.1) is 11.3 Å². The molecular weight excluding hydrogens is 324 g/mol. The van der Waals surface area contributed by atoms with E-state index < -0.39 is 0 Å². The number of nitrogens with one attached hydrogen (secondary N) is 1. The molecular formula is C18H17BrN2. The van der Waals surface area contributed by atoms with Crippen molar-refractivity contribution >= 4 is 21.6 Å². The van der Waals surface area contributed by atoms with E-state index in [0.29, 0.717) is 6.04 Å². The lowest BCUT2D eigenvalue weighted by Gasteiger charge is -2.27. The van der Waals surface area contributed by atoms with Gasteiger partial charge < -0.3 is 5.32 Å². The third-order valence-electron chi connectivity index (χ3n) is 4.14. The second-order valence-electron chi connectivity index (χ2n) is 5.61. The summed E-state index contributed by atoms with van der Waals surface area (Å²) in [5.41, 5.74) is 5.60. The van der Waals surface area contributed by atoms with Crippen molar-refractivity contribution in [2.45, 2.75) is 32.2 Å². The first-order chi connectivity index (χ1) is 10.2. The van der Waals surface area contributed by atoms with E-state index in [0.717, 1.165) is 40.5 Å². The van der Waals surface area contributed by atoms with Gasteiger partial charge in [-0.15, -0.1) is 0 Å². The van der Waals surface area contributed by atoms with Gasteiger partial charge in [0.2, 0.25) is 0 Å². The Morgan fingerprint density at radius 2 is 2.10 bits per heavy atom. The van der Waals surface area contributed by atoms with Crippen molar-refractivity contribution in [2.75, 3.05) is 5.32 Å². The molecule has 0 fully saturated rings. The maximum atomic E-state index is 9.32. The Labute approximate surface area is 133 Å². The summed E-state index contributed by atoms with van der Waals surface area (Å²) < 4.78 is 1.15. The molecule has 106 valence electrons. The van der Waals surface area contributed by atoms with Crippen LogP contribution in [-0.4, -0.2) is 6.04 Å². The van der Waals surface area contributed by atoms with E-state index in [-0.39, 0.29) is 0 Å². The molecule has 0 aliphatic heterocycles. The highest BCUT2D eigenvalue weighted by Gasteiger charge is 2.19. The number of fused-ring (bicyclic) bond motifs is 1. The molecule has 1 aliphatic carbocycles.